The van der Waals surface area contributed by atoms with Crippen molar-refractivity contribution < 1.29 is 4.79 Å². The van der Waals surface area contributed by atoms with Gasteiger partial charge in [-0.05, 0) is 36.4 Å². The number of thiophene rings is 1. The first-order valence-electron chi connectivity index (χ1n) is 6.49. The molecular weight excluding hydrogens is 258 g/mol. The monoisotopic (exact) mass is 275 g/mol. The molecule has 1 aliphatic rings. The van der Waals surface area contributed by atoms with Crippen molar-refractivity contribution >= 4 is 27.5 Å². The molecule has 19 heavy (non-hydrogen) atoms. The second kappa shape index (κ2) is 4.90. The number of amides is 1. The fourth-order valence-electron chi connectivity index (χ4n) is 2.47. The van der Waals surface area contributed by atoms with Gasteiger partial charge in [0, 0.05) is 25.8 Å². The first kappa shape index (κ1) is 12.6. The van der Waals surface area contributed by atoms with Crippen LogP contribution in [0.5, 0.6) is 0 Å². The van der Waals surface area contributed by atoms with E-state index in [9.17, 15) is 4.79 Å². The molecule has 1 fully saturated rings. The van der Waals surface area contributed by atoms with Gasteiger partial charge in [0.2, 0.25) is 5.91 Å². The highest BCUT2D eigenvalue weighted by Gasteiger charge is 2.29. The minimum Gasteiger partial charge on any atom is -0.344 e. The van der Waals surface area contributed by atoms with Gasteiger partial charge in [-0.2, -0.15) is 0 Å². The summed E-state index contributed by atoms with van der Waals surface area (Å²) in [6.07, 6.45) is 2.78. The highest BCUT2D eigenvalue weighted by molar-refractivity contribution is 7.17. The molecule has 4 nitrogen and oxygen atoms in total. The van der Waals surface area contributed by atoms with Gasteiger partial charge >= 0.3 is 0 Å². The molecule has 0 spiro atoms. The van der Waals surface area contributed by atoms with Gasteiger partial charge in [0.05, 0.1) is 16.3 Å². The summed E-state index contributed by atoms with van der Waals surface area (Å²) in [4.78, 5) is 18.1. The lowest BCUT2D eigenvalue weighted by atomic mass is 10.1. The molecule has 0 radical (unpaired) electrons. The number of hydrogen-bond acceptors (Lipinski definition) is 4. The van der Waals surface area contributed by atoms with E-state index in [1.54, 1.807) is 16.2 Å². The minimum atomic E-state index is -0.0565. The molecule has 3 heterocycles. The Bertz CT molecular complexity index is 610. The number of likely N-dealkylation sites (tertiary alicyclic amines) is 1. The number of rotatable bonds is 3. The van der Waals surface area contributed by atoms with Crippen molar-refractivity contribution in [1.82, 2.24) is 15.2 Å². The lowest BCUT2D eigenvalue weighted by Crippen LogP contribution is -2.38. The number of aromatic nitrogens is 1. The molecule has 3 rings (SSSR count). The Morgan fingerprint density at radius 2 is 2.42 bits per heavy atom. The molecule has 5 heteroatoms. The van der Waals surface area contributed by atoms with Crippen LogP contribution in [0, 0.1) is 0 Å². The van der Waals surface area contributed by atoms with Crippen LogP contribution in [-0.4, -0.2) is 35.4 Å². The van der Waals surface area contributed by atoms with Crippen LogP contribution in [0.2, 0.25) is 0 Å². The number of likely N-dealkylation sites (N-methyl/N-ethyl adjacent to an activating group) is 1. The van der Waals surface area contributed by atoms with Crippen molar-refractivity contribution in [2.45, 2.75) is 25.4 Å². The van der Waals surface area contributed by atoms with Gasteiger partial charge in [-0.1, -0.05) is 0 Å². The normalized spacial score (nSPS) is 21.3. The third kappa shape index (κ3) is 2.35. The number of carbonyl (C=O) groups excluding carboxylic acids is 1. The summed E-state index contributed by atoms with van der Waals surface area (Å²) in [5, 5.41) is 5.46. The fraction of sp³-hybridized carbons (Fsp3) is 0.429. The Balaban J connectivity index is 1.76. The molecule has 2 aromatic rings. The van der Waals surface area contributed by atoms with Crippen LogP contribution in [0.4, 0.5) is 0 Å². The Morgan fingerprint density at radius 3 is 3.16 bits per heavy atom. The summed E-state index contributed by atoms with van der Waals surface area (Å²) < 4.78 is 1.20. The number of carbonyl (C=O) groups is 1. The predicted molar refractivity (Wildman–Crippen MR) is 77.2 cm³/mol. The third-order valence-corrected chi connectivity index (χ3v) is 4.56. The zero-order valence-electron chi connectivity index (χ0n) is 11.1. The van der Waals surface area contributed by atoms with E-state index in [-0.39, 0.29) is 18.0 Å². The number of pyridine rings is 1. The lowest BCUT2D eigenvalue weighted by Gasteiger charge is -2.18. The van der Waals surface area contributed by atoms with Crippen molar-refractivity contribution in [2.24, 2.45) is 0 Å². The van der Waals surface area contributed by atoms with Crippen molar-refractivity contribution in [2.75, 3.05) is 13.6 Å². The fourth-order valence-corrected chi connectivity index (χ4v) is 3.26. The topological polar surface area (TPSA) is 45.2 Å². The van der Waals surface area contributed by atoms with Gasteiger partial charge in [-0.25, -0.2) is 0 Å². The summed E-state index contributed by atoms with van der Waals surface area (Å²) in [6.45, 7) is 2.92. The van der Waals surface area contributed by atoms with E-state index in [4.69, 9.17) is 0 Å². The lowest BCUT2D eigenvalue weighted by molar-refractivity contribution is -0.128. The van der Waals surface area contributed by atoms with Gasteiger partial charge in [0.15, 0.2) is 0 Å². The van der Waals surface area contributed by atoms with Crippen LogP contribution in [0.15, 0.2) is 23.7 Å². The second-order valence-corrected chi connectivity index (χ2v) is 6.01. The molecule has 100 valence electrons. The van der Waals surface area contributed by atoms with Crippen LogP contribution < -0.4 is 5.32 Å². The average molecular weight is 275 g/mol. The van der Waals surface area contributed by atoms with Gasteiger partial charge < -0.3 is 4.90 Å². The Kier molecular flexibility index (Phi) is 3.24. The second-order valence-electron chi connectivity index (χ2n) is 5.06. The third-order valence-electron chi connectivity index (χ3n) is 3.70. The Hall–Kier alpha value is -1.46. The first-order chi connectivity index (χ1) is 9.15. The summed E-state index contributed by atoms with van der Waals surface area (Å²) >= 11 is 1.70. The SMILES string of the molecule is CC(NC1CCN(C)C1=O)c1cnc2ccsc2c1. The van der Waals surface area contributed by atoms with Crippen LogP contribution in [0.3, 0.4) is 0 Å². The van der Waals surface area contributed by atoms with Crippen molar-refractivity contribution in [1.29, 1.82) is 0 Å². The van der Waals surface area contributed by atoms with Crippen LogP contribution in [-0.2, 0) is 4.79 Å². The van der Waals surface area contributed by atoms with Crippen LogP contribution in [0.1, 0.15) is 24.9 Å². The van der Waals surface area contributed by atoms with E-state index in [0.29, 0.717) is 0 Å². The van der Waals surface area contributed by atoms with E-state index < -0.39 is 0 Å². The molecule has 0 aromatic carbocycles. The smallest absolute Gasteiger partial charge is 0.239 e. The summed E-state index contributed by atoms with van der Waals surface area (Å²) in [6, 6.07) is 4.27. The summed E-state index contributed by atoms with van der Waals surface area (Å²) in [5.41, 5.74) is 2.18. The van der Waals surface area contributed by atoms with Gasteiger partial charge in [0.25, 0.3) is 0 Å². The van der Waals surface area contributed by atoms with E-state index >= 15 is 0 Å². The van der Waals surface area contributed by atoms with Gasteiger partial charge in [0.1, 0.15) is 0 Å². The minimum absolute atomic E-state index is 0.0565. The number of nitrogens with one attached hydrogen (secondary N) is 1. The van der Waals surface area contributed by atoms with Crippen LogP contribution in [0.25, 0.3) is 10.2 Å². The van der Waals surface area contributed by atoms with E-state index in [2.05, 4.69) is 28.7 Å². The highest BCUT2D eigenvalue weighted by Crippen LogP contribution is 2.23. The van der Waals surface area contributed by atoms with E-state index in [1.807, 2.05) is 19.3 Å². The van der Waals surface area contributed by atoms with Crippen molar-refractivity contribution in [3.8, 4) is 0 Å². The maximum atomic E-state index is 11.9. The number of hydrogen-bond donors (Lipinski definition) is 1. The summed E-state index contributed by atoms with van der Waals surface area (Å²) in [5.74, 6) is 0.192. The maximum Gasteiger partial charge on any atom is 0.239 e. The van der Waals surface area contributed by atoms with Gasteiger partial charge in [-0.15, -0.1) is 11.3 Å². The Labute approximate surface area is 116 Å². The molecule has 0 aliphatic carbocycles. The molecule has 2 aromatic heterocycles. The highest BCUT2D eigenvalue weighted by atomic mass is 32.1. The molecule has 1 saturated heterocycles. The van der Waals surface area contributed by atoms with Crippen molar-refractivity contribution in [3.05, 3.63) is 29.3 Å². The average Bonchev–Trinajstić information content (AvgIpc) is 2.99. The number of nitrogens with zero attached hydrogens (tertiary/aromatic N) is 2. The largest absolute Gasteiger partial charge is 0.344 e. The molecule has 2 atom stereocenters. The standard InChI is InChI=1S/C14H17N3OS/c1-9(16-12-3-5-17(2)14(12)18)10-7-13-11(15-8-10)4-6-19-13/h4,6-9,12,16H,3,5H2,1-2H3. The van der Waals surface area contributed by atoms with E-state index in [0.717, 1.165) is 24.0 Å². The quantitative estimate of drug-likeness (QED) is 0.934. The Morgan fingerprint density at radius 1 is 1.58 bits per heavy atom. The zero-order valence-corrected chi connectivity index (χ0v) is 11.9. The van der Waals surface area contributed by atoms with Gasteiger partial charge in [-0.3, -0.25) is 15.1 Å². The molecule has 1 aliphatic heterocycles. The number of fused-ring (bicyclic) bond motifs is 1. The molecule has 2 unspecified atom stereocenters. The zero-order chi connectivity index (χ0) is 13.4. The van der Waals surface area contributed by atoms with Crippen LogP contribution >= 0.6 is 11.3 Å². The predicted octanol–water partition coefficient (Wildman–Crippen LogP) is 2.18. The maximum absolute atomic E-state index is 11.9. The summed E-state index contributed by atoms with van der Waals surface area (Å²) in [7, 11) is 1.86. The molecule has 1 amide bonds. The van der Waals surface area contributed by atoms with E-state index in [1.165, 1.54) is 4.70 Å². The molecule has 1 N–H and O–H groups in total. The molecular formula is C14H17N3OS. The molecule has 0 saturated carbocycles. The molecule has 0 bridgehead atoms. The van der Waals surface area contributed by atoms with Crippen molar-refractivity contribution in [3.63, 3.8) is 0 Å². The first-order valence-corrected chi connectivity index (χ1v) is 7.37.